The molecule has 154 valence electrons. The van der Waals surface area contributed by atoms with Gasteiger partial charge in [-0.2, -0.15) is 0 Å². The Hall–Kier alpha value is -2.17. The molecule has 2 aromatic rings. The topological polar surface area (TPSA) is 41.6 Å². The van der Waals surface area contributed by atoms with E-state index in [-0.39, 0.29) is 11.3 Å². The highest BCUT2D eigenvalue weighted by Crippen LogP contribution is 2.35. The molecule has 0 aromatic heterocycles. The van der Waals surface area contributed by atoms with E-state index in [9.17, 15) is 4.79 Å². The van der Waals surface area contributed by atoms with Gasteiger partial charge in [-0.15, -0.1) is 0 Å². The molecular weight excluding hydrogens is 360 g/mol. The molecule has 2 saturated heterocycles. The molecule has 1 amide bonds. The summed E-state index contributed by atoms with van der Waals surface area (Å²) in [6.07, 6.45) is 3.02. The van der Waals surface area contributed by atoms with Crippen molar-refractivity contribution in [2.45, 2.75) is 43.6 Å². The minimum atomic E-state index is -0.0155. The van der Waals surface area contributed by atoms with Gasteiger partial charge in [-0.05, 0) is 43.9 Å². The highest BCUT2D eigenvalue weighted by atomic mass is 16.5. The fourth-order valence-corrected chi connectivity index (χ4v) is 5.00. The number of ether oxygens (including phenoxy) is 1. The number of nitrogens with zero attached hydrogens (tertiary/aromatic N) is 1. The summed E-state index contributed by atoms with van der Waals surface area (Å²) >= 11 is 0. The monoisotopic (exact) mass is 392 g/mol. The Bertz CT molecular complexity index is 787. The van der Waals surface area contributed by atoms with Crippen LogP contribution in [0.1, 0.15) is 43.2 Å². The summed E-state index contributed by atoms with van der Waals surface area (Å²) in [6.45, 7) is 5.91. The Kier molecular flexibility index (Phi) is 6.31. The Balaban J connectivity index is 1.36. The summed E-state index contributed by atoms with van der Waals surface area (Å²) in [5, 5.41) is 3.26. The first-order valence-electron chi connectivity index (χ1n) is 10.9. The van der Waals surface area contributed by atoms with E-state index in [0.29, 0.717) is 25.0 Å². The third-order valence-electron chi connectivity index (χ3n) is 6.92. The fourth-order valence-electron chi connectivity index (χ4n) is 5.00. The van der Waals surface area contributed by atoms with Gasteiger partial charge in [0.05, 0.1) is 6.54 Å². The lowest BCUT2D eigenvalue weighted by atomic mass is 9.74. The summed E-state index contributed by atoms with van der Waals surface area (Å²) in [4.78, 5) is 15.1. The van der Waals surface area contributed by atoms with E-state index < -0.39 is 0 Å². The minimum Gasteiger partial charge on any atom is -0.381 e. The number of nitrogens with one attached hydrogen (secondary N) is 1. The molecule has 0 spiro atoms. The van der Waals surface area contributed by atoms with Gasteiger partial charge in [-0.3, -0.25) is 9.69 Å². The summed E-state index contributed by atoms with van der Waals surface area (Å²) in [6, 6.07) is 21.7. The van der Waals surface area contributed by atoms with Crippen LogP contribution in [0.2, 0.25) is 0 Å². The second kappa shape index (κ2) is 9.10. The van der Waals surface area contributed by atoms with Gasteiger partial charge in [0.1, 0.15) is 0 Å². The molecule has 4 rings (SSSR count). The molecule has 0 unspecified atom stereocenters. The number of carbonyl (C=O) groups is 1. The zero-order chi connectivity index (χ0) is 20.1. The maximum atomic E-state index is 12.8. The molecule has 2 aromatic carbocycles. The van der Waals surface area contributed by atoms with Gasteiger partial charge in [0.2, 0.25) is 5.91 Å². The molecular formula is C25H32N2O2. The quantitative estimate of drug-likeness (QED) is 0.814. The second-order valence-electron chi connectivity index (χ2n) is 8.55. The average molecular weight is 393 g/mol. The molecule has 0 saturated carbocycles. The van der Waals surface area contributed by atoms with Crippen molar-refractivity contribution in [2.24, 2.45) is 0 Å². The molecule has 4 nitrogen and oxygen atoms in total. The van der Waals surface area contributed by atoms with Crippen LogP contribution in [0.4, 0.5) is 0 Å². The number of rotatable bonds is 6. The van der Waals surface area contributed by atoms with Crippen LogP contribution >= 0.6 is 0 Å². The molecule has 0 bridgehead atoms. The van der Waals surface area contributed by atoms with Gasteiger partial charge in [-0.1, -0.05) is 60.7 Å². The minimum absolute atomic E-state index is 0.0155. The van der Waals surface area contributed by atoms with Crippen molar-refractivity contribution in [3.05, 3.63) is 71.8 Å². The first-order chi connectivity index (χ1) is 14.2. The summed E-state index contributed by atoms with van der Waals surface area (Å²) in [7, 11) is 0. The maximum absolute atomic E-state index is 12.8. The van der Waals surface area contributed by atoms with Crippen molar-refractivity contribution >= 4 is 5.91 Å². The first-order valence-corrected chi connectivity index (χ1v) is 10.9. The third kappa shape index (κ3) is 4.54. The van der Waals surface area contributed by atoms with Crippen LogP contribution in [0.25, 0.3) is 0 Å². The van der Waals surface area contributed by atoms with E-state index in [0.717, 1.165) is 39.0 Å². The molecule has 2 fully saturated rings. The van der Waals surface area contributed by atoms with E-state index in [2.05, 4.69) is 71.7 Å². The molecule has 0 radical (unpaired) electrons. The summed E-state index contributed by atoms with van der Waals surface area (Å²) in [5.74, 6) is 0.641. The number of likely N-dealkylation sites (tertiary alicyclic amines) is 1. The van der Waals surface area contributed by atoms with Crippen LogP contribution in [-0.2, 0) is 14.9 Å². The summed E-state index contributed by atoms with van der Waals surface area (Å²) < 4.78 is 5.61. The normalized spacial score (nSPS) is 24.3. The fraction of sp³-hybridized carbons (Fsp3) is 0.480. The van der Waals surface area contributed by atoms with Crippen LogP contribution in [0, 0.1) is 0 Å². The lowest BCUT2D eigenvalue weighted by Gasteiger charge is -2.38. The van der Waals surface area contributed by atoms with E-state index in [1.165, 1.54) is 11.1 Å². The molecule has 29 heavy (non-hydrogen) atoms. The van der Waals surface area contributed by atoms with Crippen LogP contribution in [0.5, 0.6) is 0 Å². The molecule has 0 aliphatic carbocycles. The van der Waals surface area contributed by atoms with Gasteiger partial charge < -0.3 is 10.1 Å². The number of benzene rings is 2. The van der Waals surface area contributed by atoms with Crippen molar-refractivity contribution in [1.29, 1.82) is 0 Å². The van der Waals surface area contributed by atoms with E-state index in [1.807, 2.05) is 6.07 Å². The predicted octanol–water partition coefficient (Wildman–Crippen LogP) is 3.73. The summed E-state index contributed by atoms with van der Waals surface area (Å²) in [5.41, 5.74) is 2.67. The highest BCUT2D eigenvalue weighted by molar-refractivity contribution is 5.78. The number of carbonyl (C=O) groups excluding carboxylic acids is 1. The zero-order valence-electron chi connectivity index (χ0n) is 17.3. The first kappa shape index (κ1) is 20.1. The Labute approximate surface area is 174 Å². The molecule has 1 N–H and O–H groups in total. The van der Waals surface area contributed by atoms with E-state index in [4.69, 9.17) is 4.74 Å². The SMILES string of the molecule is C[C@@H]1[C@H](c2ccccc2)CCN1CC(=O)NCC1(c2ccccc2)CCOCC1. The highest BCUT2D eigenvalue weighted by Gasteiger charge is 2.36. The molecule has 4 heteroatoms. The zero-order valence-corrected chi connectivity index (χ0v) is 17.3. The smallest absolute Gasteiger partial charge is 0.234 e. The molecule has 2 atom stereocenters. The predicted molar refractivity (Wildman–Crippen MR) is 116 cm³/mol. The van der Waals surface area contributed by atoms with E-state index in [1.54, 1.807) is 0 Å². The van der Waals surface area contributed by atoms with Gasteiger partial charge >= 0.3 is 0 Å². The third-order valence-corrected chi connectivity index (χ3v) is 6.92. The number of hydrogen-bond donors (Lipinski definition) is 1. The van der Waals surface area contributed by atoms with E-state index >= 15 is 0 Å². The van der Waals surface area contributed by atoms with Gasteiger partial charge in [0, 0.05) is 37.1 Å². The van der Waals surface area contributed by atoms with Crippen molar-refractivity contribution < 1.29 is 9.53 Å². The second-order valence-corrected chi connectivity index (χ2v) is 8.55. The number of amides is 1. The van der Waals surface area contributed by atoms with Crippen LogP contribution in [0.3, 0.4) is 0 Å². The largest absolute Gasteiger partial charge is 0.381 e. The lowest BCUT2D eigenvalue weighted by molar-refractivity contribution is -0.122. The number of hydrogen-bond acceptors (Lipinski definition) is 3. The standard InChI is InChI=1S/C25H32N2O2/c1-20-23(21-8-4-2-5-9-21)12-15-27(20)18-24(28)26-19-25(13-16-29-17-14-25)22-10-6-3-7-11-22/h2-11,20,23H,12-19H2,1H3,(H,26,28)/t20-,23-/m1/s1. The van der Waals surface area contributed by atoms with Crippen LogP contribution in [-0.4, -0.2) is 49.7 Å². The van der Waals surface area contributed by atoms with Crippen molar-refractivity contribution in [2.75, 3.05) is 32.8 Å². The van der Waals surface area contributed by atoms with Crippen LogP contribution < -0.4 is 5.32 Å². The lowest BCUT2D eigenvalue weighted by Crippen LogP contribution is -2.47. The average Bonchev–Trinajstić information content (AvgIpc) is 3.14. The molecule has 2 heterocycles. The van der Waals surface area contributed by atoms with Crippen molar-refractivity contribution in [1.82, 2.24) is 10.2 Å². The van der Waals surface area contributed by atoms with Gasteiger partial charge in [-0.25, -0.2) is 0 Å². The Morgan fingerprint density at radius 1 is 1.07 bits per heavy atom. The van der Waals surface area contributed by atoms with Gasteiger partial charge in [0.25, 0.3) is 0 Å². The van der Waals surface area contributed by atoms with Crippen LogP contribution in [0.15, 0.2) is 60.7 Å². The molecule has 2 aliphatic heterocycles. The van der Waals surface area contributed by atoms with Gasteiger partial charge in [0.15, 0.2) is 0 Å². The Morgan fingerprint density at radius 2 is 1.72 bits per heavy atom. The molecule has 2 aliphatic rings. The van der Waals surface area contributed by atoms with Crippen molar-refractivity contribution in [3.63, 3.8) is 0 Å². The Morgan fingerprint density at radius 3 is 2.41 bits per heavy atom. The van der Waals surface area contributed by atoms with Crippen molar-refractivity contribution in [3.8, 4) is 0 Å². The maximum Gasteiger partial charge on any atom is 0.234 e.